The molecule has 1 nitrogen and oxygen atoms in total. The Bertz CT molecular complexity index is 618. The van der Waals surface area contributed by atoms with Gasteiger partial charge in [0, 0.05) is 0 Å². The Morgan fingerprint density at radius 2 is 2.06 bits per heavy atom. The summed E-state index contributed by atoms with van der Waals surface area (Å²) in [6.07, 6.45) is 1.65. The van der Waals surface area contributed by atoms with Gasteiger partial charge in [-0.2, -0.15) is 0 Å². The number of hydrogen-bond acceptors (Lipinski definition) is 1. The first-order valence-electron chi connectivity index (χ1n) is 7.51. The molecule has 0 N–H and O–H groups in total. The average Bonchev–Trinajstić information content (AvgIpc) is 2.37. The molecule has 0 saturated heterocycles. The molecule has 0 amide bonds. The molecular formula is C15H17GeN. The van der Waals surface area contributed by atoms with Crippen LogP contribution in [0.4, 0.5) is 0 Å². The third kappa shape index (κ3) is 2.78. The zero-order valence-electron chi connectivity index (χ0n) is 14.0. The Labute approximate surface area is 115 Å². The van der Waals surface area contributed by atoms with Crippen LogP contribution < -0.4 is 4.40 Å². The second-order valence-electron chi connectivity index (χ2n) is 4.11. The number of rotatable bonds is 3. The molecule has 17 heavy (non-hydrogen) atoms. The van der Waals surface area contributed by atoms with Crippen molar-refractivity contribution in [3.05, 3.63) is 48.2 Å². The standard InChI is InChI=1S/C15H17GeN/c1-11(2)13-9-15(17-10-14(13)16-3)12-7-5-4-6-8-12/h4-11H,1-3H3/i3D3,11D. The van der Waals surface area contributed by atoms with Gasteiger partial charge in [0.1, 0.15) is 0 Å². The van der Waals surface area contributed by atoms with E-state index in [0.29, 0.717) is 0 Å². The van der Waals surface area contributed by atoms with Crippen LogP contribution >= 0.6 is 0 Å². The van der Waals surface area contributed by atoms with Crippen molar-refractivity contribution < 1.29 is 5.48 Å². The molecule has 2 aromatic rings. The van der Waals surface area contributed by atoms with E-state index in [1.165, 1.54) is 0 Å². The summed E-state index contributed by atoms with van der Waals surface area (Å²) in [5, 5.41) is 0. The topological polar surface area (TPSA) is 12.9 Å². The number of hydrogen-bond donors (Lipinski definition) is 0. The molecule has 86 valence electrons. The van der Waals surface area contributed by atoms with Crippen LogP contribution in [0.3, 0.4) is 0 Å². The van der Waals surface area contributed by atoms with Crippen molar-refractivity contribution in [2.45, 2.75) is 25.4 Å². The van der Waals surface area contributed by atoms with E-state index in [1.807, 2.05) is 36.4 Å². The van der Waals surface area contributed by atoms with E-state index in [0.717, 1.165) is 21.2 Å². The van der Waals surface area contributed by atoms with Crippen molar-refractivity contribution in [2.75, 3.05) is 0 Å². The maximum absolute atomic E-state index is 8.29. The number of nitrogens with zero attached hydrogens (tertiary/aromatic N) is 1. The molecule has 1 heterocycles. The molecule has 1 aromatic heterocycles. The van der Waals surface area contributed by atoms with Crippen LogP contribution in [-0.4, -0.2) is 20.4 Å². The van der Waals surface area contributed by atoms with E-state index in [9.17, 15) is 0 Å². The molecule has 0 saturated carbocycles. The third-order valence-corrected chi connectivity index (χ3v) is 4.05. The summed E-state index contributed by atoms with van der Waals surface area (Å²) < 4.78 is 31.5. The minimum absolute atomic E-state index is 0.745. The van der Waals surface area contributed by atoms with Crippen molar-refractivity contribution in [3.8, 4) is 11.3 Å². The Morgan fingerprint density at radius 3 is 2.71 bits per heavy atom. The molecule has 0 spiro atoms. The Hall–Kier alpha value is -1.09. The SMILES string of the molecule is [2H][C]([2H])([2H])[Ge][c]1cnc(-c2ccccc2)cc1C([2H])(C)C. The Kier molecular flexibility index (Phi) is 2.62. The first-order valence-corrected chi connectivity index (χ1v) is 7.61. The second-order valence-corrected chi connectivity index (χ2v) is 5.76. The van der Waals surface area contributed by atoms with Gasteiger partial charge in [-0.25, -0.2) is 0 Å². The molecule has 2 radical (unpaired) electrons. The summed E-state index contributed by atoms with van der Waals surface area (Å²) in [7, 11) is 0. The Morgan fingerprint density at radius 1 is 1.29 bits per heavy atom. The van der Waals surface area contributed by atoms with Crippen LogP contribution in [0, 0.1) is 0 Å². The average molecular weight is 288 g/mol. The van der Waals surface area contributed by atoms with Gasteiger partial charge < -0.3 is 0 Å². The van der Waals surface area contributed by atoms with Crippen LogP contribution in [0.1, 0.15) is 30.8 Å². The van der Waals surface area contributed by atoms with Gasteiger partial charge in [0.25, 0.3) is 0 Å². The van der Waals surface area contributed by atoms with Crippen LogP contribution in [0.15, 0.2) is 42.6 Å². The third-order valence-electron chi connectivity index (χ3n) is 2.65. The molecule has 0 atom stereocenters. The van der Waals surface area contributed by atoms with Crippen LogP contribution in [0.2, 0.25) is 5.68 Å². The molecule has 0 aliphatic heterocycles. The fraction of sp³-hybridized carbons (Fsp3) is 0.267. The molecule has 2 heteroatoms. The summed E-state index contributed by atoms with van der Waals surface area (Å²) in [4.78, 5) is 4.41. The van der Waals surface area contributed by atoms with Gasteiger partial charge in [-0.1, -0.05) is 0 Å². The van der Waals surface area contributed by atoms with E-state index in [4.69, 9.17) is 5.48 Å². The number of benzene rings is 1. The molecule has 0 aliphatic rings. The predicted octanol–water partition coefficient (Wildman–Crippen LogP) is 3.25. The molecule has 0 fully saturated rings. The summed E-state index contributed by atoms with van der Waals surface area (Å²) in [6, 6.07) is 11.6. The molecule has 2 rings (SSSR count). The van der Waals surface area contributed by atoms with Gasteiger partial charge in [0.15, 0.2) is 0 Å². The minimum atomic E-state index is -1.93. The van der Waals surface area contributed by atoms with E-state index < -0.39 is 27.0 Å². The van der Waals surface area contributed by atoms with Gasteiger partial charge in [-0.3, -0.25) is 0 Å². The van der Waals surface area contributed by atoms with Crippen molar-refractivity contribution in [1.29, 1.82) is 0 Å². The molecule has 0 aliphatic carbocycles. The first kappa shape index (κ1) is 8.09. The van der Waals surface area contributed by atoms with Crippen molar-refractivity contribution in [2.24, 2.45) is 0 Å². The molecular weight excluding hydrogens is 267 g/mol. The van der Waals surface area contributed by atoms with Gasteiger partial charge in [0.05, 0.1) is 0 Å². The van der Waals surface area contributed by atoms with E-state index >= 15 is 0 Å². The van der Waals surface area contributed by atoms with Gasteiger partial charge >= 0.3 is 115 Å². The first-order chi connectivity index (χ1) is 9.67. The summed E-state index contributed by atoms with van der Waals surface area (Å²) >= 11 is -1.32. The summed E-state index contributed by atoms with van der Waals surface area (Å²) in [5.41, 5.74) is 0.596. The predicted molar refractivity (Wildman–Crippen MR) is 75.0 cm³/mol. The maximum atomic E-state index is 8.29. The molecule has 0 bridgehead atoms. The Balaban J connectivity index is 2.50. The van der Waals surface area contributed by atoms with Crippen LogP contribution in [0.5, 0.6) is 0 Å². The van der Waals surface area contributed by atoms with Crippen molar-refractivity contribution in [1.82, 2.24) is 4.98 Å². The van der Waals surface area contributed by atoms with Crippen LogP contribution in [0.25, 0.3) is 11.3 Å². The molecule has 1 aromatic carbocycles. The quantitative estimate of drug-likeness (QED) is 0.790. The fourth-order valence-electron chi connectivity index (χ4n) is 1.74. The fourth-order valence-corrected chi connectivity index (χ4v) is 2.96. The van der Waals surface area contributed by atoms with E-state index in [1.54, 1.807) is 20.0 Å². The number of aromatic nitrogens is 1. The van der Waals surface area contributed by atoms with Gasteiger partial charge in [-0.15, -0.1) is 0 Å². The molecule has 0 unspecified atom stereocenters. The van der Waals surface area contributed by atoms with E-state index in [2.05, 4.69) is 4.98 Å². The zero-order chi connectivity index (χ0) is 15.7. The van der Waals surface area contributed by atoms with Gasteiger partial charge in [-0.05, 0) is 0 Å². The normalized spacial score (nSPS) is 15.6. The van der Waals surface area contributed by atoms with E-state index in [-0.39, 0.29) is 0 Å². The zero-order valence-corrected chi connectivity index (χ0v) is 12.1. The van der Waals surface area contributed by atoms with Crippen LogP contribution in [-0.2, 0) is 0 Å². The number of pyridine rings is 1. The van der Waals surface area contributed by atoms with Crippen molar-refractivity contribution >= 4 is 19.8 Å². The summed E-state index contributed by atoms with van der Waals surface area (Å²) in [6.45, 7) is 3.57. The second kappa shape index (κ2) is 5.50. The monoisotopic (exact) mass is 289 g/mol. The van der Waals surface area contributed by atoms with Crippen molar-refractivity contribution in [3.63, 3.8) is 0 Å². The summed E-state index contributed by atoms with van der Waals surface area (Å²) in [5.74, 6) is -0.837. The van der Waals surface area contributed by atoms with Gasteiger partial charge in [0.2, 0.25) is 0 Å².